The van der Waals surface area contributed by atoms with Crippen LogP contribution in [0.4, 0.5) is 0 Å². The Balaban J connectivity index is 1.54. The van der Waals surface area contributed by atoms with Crippen LogP contribution in [0.2, 0.25) is 0 Å². The fraction of sp³-hybridized carbons (Fsp3) is 0.357. The molecular weight excluding hydrogens is 410 g/mol. The summed E-state index contributed by atoms with van der Waals surface area (Å²) in [6.45, 7) is 10.0. The van der Waals surface area contributed by atoms with Gasteiger partial charge in [0.05, 0.1) is 5.71 Å². The molecule has 1 aliphatic heterocycles. The van der Waals surface area contributed by atoms with Gasteiger partial charge in [0.15, 0.2) is 6.10 Å². The second-order valence-corrected chi connectivity index (χ2v) is 8.79. The lowest BCUT2D eigenvalue weighted by molar-refractivity contribution is -0.142. The standard InChI is InChI=1S/C28H35N3O2/c1-4-8-22(3)19-26(24-13-11-21(2)12-14-24)30-29-20-23-15-17-31(18-16-23)28(33)27(32)25-9-6-5-7-10-25/h4-14,23,27,29,32H,1,15-20H2,2-3H3/b22-8+,30-26+. The molecule has 3 rings (SSSR count). The lowest BCUT2D eigenvalue weighted by Gasteiger charge is -2.33. The molecule has 1 aliphatic rings. The van der Waals surface area contributed by atoms with Gasteiger partial charge in [-0.2, -0.15) is 5.10 Å². The number of amides is 1. The number of hydrazone groups is 1. The predicted molar refractivity (Wildman–Crippen MR) is 135 cm³/mol. The molecular formula is C28H35N3O2. The number of carbonyl (C=O) groups excluding carboxylic acids is 1. The van der Waals surface area contributed by atoms with Crippen LogP contribution in [-0.2, 0) is 4.79 Å². The average Bonchev–Trinajstić information content (AvgIpc) is 2.84. The molecule has 2 aromatic rings. The van der Waals surface area contributed by atoms with Crippen LogP contribution in [0.25, 0.3) is 0 Å². The van der Waals surface area contributed by atoms with Crippen LogP contribution >= 0.6 is 0 Å². The summed E-state index contributed by atoms with van der Waals surface area (Å²) in [5, 5.41) is 15.1. The van der Waals surface area contributed by atoms with Gasteiger partial charge in [0.2, 0.25) is 0 Å². The minimum absolute atomic E-state index is 0.211. The van der Waals surface area contributed by atoms with E-state index in [1.54, 1.807) is 23.1 Å². The number of aliphatic hydroxyl groups excluding tert-OH is 1. The number of allylic oxidation sites excluding steroid dienone is 3. The van der Waals surface area contributed by atoms with Crippen molar-refractivity contribution in [2.75, 3.05) is 19.6 Å². The van der Waals surface area contributed by atoms with Crippen LogP contribution in [0.1, 0.15) is 49.0 Å². The maximum Gasteiger partial charge on any atom is 0.256 e. The summed E-state index contributed by atoms with van der Waals surface area (Å²) in [5.74, 6) is 0.229. The van der Waals surface area contributed by atoms with Crippen molar-refractivity contribution in [2.24, 2.45) is 11.0 Å². The third-order valence-electron chi connectivity index (χ3n) is 6.10. The van der Waals surface area contributed by atoms with Gasteiger partial charge in [-0.25, -0.2) is 0 Å². The predicted octanol–water partition coefficient (Wildman–Crippen LogP) is 4.78. The van der Waals surface area contributed by atoms with Crippen LogP contribution in [0, 0.1) is 12.8 Å². The molecule has 1 unspecified atom stereocenters. The van der Waals surface area contributed by atoms with E-state index in [1.165, 1.54) is 11.1 Å². The number of aliphatic hydroxyl groups is 1. The Bertz CT molecular complexity index is 972. The van der Waals surface area contributed by atoms with Gasteiger partial charge in [0.25, 0.3) is 5.91 Å². The normalized spacial score (nSPS) is 16.4. The highest BCUT2D eigenvalue weighted by Crippen LogP contribution is 2.21. The van der Waals surface area contributed by atoms with Crippen molar-refractivity contribution in [1.82, 2.24) is 10.3 Å². The zero-order chi connectivity index (χ0) is 23.6. The van der Waals surface area contributed by atoms with E-state index in [0.29, 0.717) is 24.6 Å². The molecule has 33 heavy (non-hydrogen) atoms. The Kier molecular flexibility index (Phi) is 9.02. The van der Waals surface area contributed by atoms with E-state index in [2.05, 4.69) is 50.1 Å². The summed E-state index contributed by atoms with van der Waals surface area (Å²) in [5.41, 5.74) is 8.48. The topological polar surface area (TPSA) is 64.9 Å². The number of hydrogen-bond acceptors (Lipinski definition) is 4. The fourth-order valence-corrected chi connectivity index (χ4v) is 4.05. The first-order chi connectivity index (χ1) is 16.0. The monoisotopic (exact) mass is 445 g/mol. The molecule has 0 aliphatic carbocycles. The molecule has 0 aromatic heterocycles. The fourth-order valence-electron chi connectivity index (χ4n) is 4.05. The minimum atomic E-state index is -1.09. The number of nitrogens with one attached hydrogen (secondary N) is 1. The van der Waals surface area contributed by atoms with Crippen LogP contribution < -0.4 is 5.43 Å². The second kappa shape index (κ2) is 12.2. The van der Waals surface area contributed by atoms with Crippen molar-refractivity contribution in [3.63, 3.8) is 0 Å². The van der Waals surface area contributed by atoms with Crippen molar-refractivity contribution in [2.45, 2.75) is 39.2 Å². The van der Waals surface area contributed by atoms with Crippen molar-refractivity contribution >= 4 is 11.6 Å². The summed E-state index contributed by atoms with van der Waals surface area (Å²) in [4.78, 5) is 14.4. The average molecular weight is 446 g/mol. The molecule has 1 fully saturated rings. The number of carbonyl (C=O) groups is 1. The van der Waals surface area contributed by atoms with Gasteiger partial charge in [-0.05, 0) is 43.7 Å². The number of benzene rings is 2. The van der Waals surface area contributed by atoms with E-state index in [9.17, 15) is 9.90 Å². The molecule has 0 spiro atoms. The maximum atomic E-state index is 12.7. The summed E-state index contributed by atoms with van der Waals surface area (Å²) < 4.78 is 0. The van der Waals surface area contributed by atoms with Crippen molar-refractivity contribution in [3.05, 3.63) is 95.6 Å². The van der Waals surface area contributed by atoms with Gasteiger partial charge in [0.1, 0.15) is 0 Å². The van der Waals surface area contributed by atoms with Gasteiger partial charge in [0, 0.05) is 26.1 Å². The quantitative estimate of drug-likeness (QED) is 0.332. The molecule has 5 nitrogen and oxygen atoms in total. The lowest BCUT2D eigenvalue weighted by Crippen LogP contribution is -2.42. The zero-order valence-corrected chi connectivity index (χ0v) is 19.7. The Morgan fingerprint density at radius 3 is 2.48 bits per heavy atom. The van der Waals surface area contributed by atoms with E-state index in [4.69, 9.17) is 5.10 Å². The first kappa shape index (κ1) is 24.5. The number of nitrogens with zero attached hydrogens (tertiary/aromatic N) is 2. The molecule has 5 heteroatoms. The summed E-state index contributed by atoms with van der Waals surface area (Å²) in [7, 11) is 0. The van der Waals surface area contributed by atoms with Gasteiger partial charge in [-0.3, -0.25) is 4.79 Å². The first-order valence-corrected chi connectivity index (χ1v) is 11.6. The molecule has 1 saturated heterocycles. The van der Waals surface area contributed by atoms with E-state index in [-0.39, 0.29) is 5.91 Å². The minimum Gasteiger partial charge on any atom is -0.378 e. The number of hydrogen-bond donors (Lipinski definition) is 2. The smallest absolute Gasteiger partial charge is 0.256 e. The Morgan fingerprint density at radius 1 is 1.18 bits per heavy atom. The molecule has 2 aromatic carbocycles. The number of piperidine rings is 1. The summed E-state index contributed by atoms with van der Waals surface area (Å²) >= 11 is 0. The van der Waals surface area contributed by atoms with Gasteiger partial charge in [-0.1, -0.05) is 84.5 Å². The molecule has 1 amide bonds. The Labute approximate surface area is 197 Å². The summed E-state index contributed by atoms with van der Waals surface area (Å²) in [6, 6.07) is 17.6. The van der Waals surface area contributed by atoms with E-state index < -0.39 is 6.10 Å². The van der Waals surface area contributed by atoms with Crippen molar-refractivity contribution < 1.29 is 9.90 Å². The summed E-state index contributed by atoms with van der Waals surface area (Å²) in [6.07, 6.45) is 5.27. The third-order valence-corrected chi connectivity index (χ3v) is 6.10. The maximum absolute atomic E-state index is 12.7. The van der Waals surface area contributed by atoms with Gasteiger partial charge in [-0.15, -0.1) is 0 Å². The Hall–Kier alpha value is -3.18. The van der Waals surface area contributed by atoms with E-state index in [1.807, 2.05) is 24.3 Å². The highest BCUT2D eigenvalue weighted by molar-refractivity contribution is 6.01. The molecule has 2 N–H and O–H groups in total. The van der Waals surface area contributed by atoms with Crippen LogP contribution in [0.3, 0.4) is 0 Å². The Morgan fingerprint density at radius 2 is 1.85 bits per heavy atom. The van der Waals surface area contributed by atoms with Crippen molar-refractivity contribution in [1.29, 1.82) is 0 Å². The van der Waals surface area contributed by atoms with Crippen LogP contribution in [0.15, 0.2) is 84.0 Å². The van der Waals surface area contributed by atoms with Crippen molar-refractivity contribution in [3.8, 4) is 0 Å². The zero-order valence-electron chi connectivity index (χ0n) is 19.7. The third kappa shape index (κ3) is 7.16. The van der Waals surface area contributed by atoms with E-state index >= 15 is 0 Å². The number of likely N-dealkylation sites (tertiary alicyclic amines) is 1. The van der Waals surface area contributed by atoms with Gasteiger partial charge >= 0.3 is 0 Å². The van der Waals surface area contributed by atoms with E-state index in [0.717, 1.165) is 37.1 Å². The molecule has 0 bridgehead atoms. The molecule has 174 valence electrons. The van der Waals surface area contributed by atoms with Crippen LogP contribution in [0.5, 0.6) is 0 Å². The van der Waals surface area contributed by atoms with Gasteiger partial charge < -0.3 is 15.4 Å². The molecule has 0 saturated carbocycles. The number of aryl methyl sites for hydroxylation is 1. The highest BCUT2D eigenvalue weighted by Gasteiger charge is 2.27. The second-order valence-electron chi connectivity index (χ2n) is 8.79. The first-order valence-electron chi connectivity index (χ1n) is 11.6. The lowest BCUT2D eigenvalue weighted by atomic mass is 9.96. The molecule has 1 heterocycles. The SMILES string of the molecule is C=C/C=C(\C)C/C(=N\NCC1CCN(C(=O)C(O)c2ccccc2)CC1)c1ccc(C)cc1. The van der Waals surface area contributed by atoms with Crippen LogP contribution in [-0.4, -0.2) is 41.3 Å². The molecule has 0 radical (unpaired) electrons. The highest BCUT2D eigenvalue weighted by atomic mass is 16.3. The molecule has 1 atom stereocenters. The number of rotatable bonds is 9. The largest absolute Gasteiger partial charge is 0.378 e.